The molecule has 0 unspecified atom stereocenters. The fourth-order valence-electron chi connectivity index (χ4n) is 3.31. The number of nitro groups is 1. The second-order valence-electron chi connectivity index (χ2n) is 6.34. The summed E-state index contributed by atoms with van der Waals surface area (Å²) in [5, 5.41) is 17.1. The summed E-state index contributed by atoms with van der Waals surface area (Å²) in [6.45, 7) is 4.12. The highest BCUT2D eigenvalue weighted by atomic mass is 35.5. The zero-order valence-corrected chi connectivity index (χ0v) is 14.8. The van der Waals surface area contributed by atoms with Gasteiger partial charge in [0, 0.05) is 43.7 Å². The van der Waals surface area contributed by atoms with E-state index >= 15 is 0 Å². The molecule has 0 radical (unpaired) electrons. The Bertz CT molecular complexity index is 950. The summed E-state index contributed by atoms with van der Waals surface area (Å²) in [5.74, 6) is 0. The third-order valence-electron chi connectivity index (χ3n) is 4.74. The van der Waals surface area contributed by atoms with Crippen molar-refractivity contribution >= 4 is 33.9 Å². The number of anilines is 1. The van der Waals surface area contributed by atoms with Crippen molar-refractivity contribution in [1.29, 1.82) is 0 Å². The Labute approximate surface area is 155 Å². The summed E-state index contributed by atoms with van der Waals surface area (Å²) in [6.07, 6.45) is 1.75. The molecule has 26 heavy (non-hydrogen) atoms. The van der Waals surface area contributed by atoms with Crippen LogP contribution in [0.5, 0.6) is 0 Å². The van der Waals surface area contributed by atoms with Crippen LogP contribution in [0, 0.1) is 10.1 Å². The lowest BCUT2D eigenvalue weighted by Crippen LogP contribution is -2.47. The lowest BCUT2D eigenvalue weighted by molar-refractivity contribution is -0.384. The molecular formula is C18H18ClN5O2. The summed E-state index contributed by atoms with van der Waals surface area (Å²) in [6, 6.07) is 12.7. The predicted octanol–water partition coefficient (Wildman–Crippen LogP) is 3.38. The third kappa shape index (κ3) is 3.23. The first-order valence-electron chi connectivity index (χ1n) is 8.43. The smallest absolute Gasteiger partial charge is 0.271 e. The standard InChI is InChI=1S/C18H18ClN5O2/c19-16-3-1-2-4-17(16)22-9-7-21(8-10-22)13-23-18-11-15(24(25)26)6-5-14(18)12-20-23/h1-6,11-12H,7-10,13H2. The number of fused-ring (bicyclic) bond motifs is 1. The molecule has 0 N–H and O–H groups in total. The van der Waals surface area contributed by atoms with E-state index in [9.17, 15) is 10.1 Å². The molecule has 0 spiro atoms. The Hall–Kier alpha value is -2.64. The summed E-state index contributed by atoms with van der Waals surface area (Å²) < 4.78 is 1.83. The maximum atomic E-state index is 11.0. The van der Waals surface area contributed by atoms with Gasteiger partial charge in [-0.1, -0.05) is 23.7 Å². The minimum absolute atomic E-state index is 0.0859. The van der Waals surface area contributed by atoms with Crippen molar-refractivity contribution in [2.45, 2.75) is 6.67 Å². The number of aromatic nitrogens is 2. The van der Waals surface area contributed by atoms with E-state index in [0.717, 1.165) is 47.8 Å². The van der Waals surface area contributed by atoms with Crippen LogP contribution in [0.25, 0.3) is 10.9 Å². The van der Waals surface area contributed by atoms with Gasteiger partial charge in [0.2, 0.25) is 0 Å². The van der Waals surface area contributed by atoms with Crippen molar-refractivity contribution in [2.75, 3.05) is 31.1 Å². The van der Waals surface area contributed by atoms with Crippen LogP contribution in [0.4, 0.5) is 11.4 Å². The van der Waals surface area contributed by atoms with Crippen molar-refractivity contribution in [3.05, 3.63) is 63.8 Å². The molecule has 0 saturated carbocycles. The first-order valence-corrected chi connectivity index (χ1v) is 8.81. The van der Waals surface area contributed by atoms with E-state index in [0.29, 0.717) is 6.67 Å². The molecule has 134 valence electrons. The monoisotopic (exact) mass is 371 g/mol. The second kappa shape index (κ2) is 6.93. The van der Waals surface area contributed by atoms with Gasteiger partial charge in [-0.15, -0.1) is 0 Å². The Morgan fingerprint density at radius 1 is 1.12 bits per heavy atom. The van der Waals surface area contributed by atoms with Crippen LogP contribution in [0.2, 0.25) is 5.02 Å². The summed E-state index contributed by atoms with van der Waals surface area (Å²) in [7, 11) is 0. The normalized spacial score (nSPS) is 15.5. The summed E-state index contributed by atoms with van der Waals surface area (Å²) >= 11 is 6.29. The van der Waals surface area contributed by atoms with Gasteiger partial charge in [-0.2, -0.15) is 5.10 Å². The zero-order chi connectivity index (χ0) is 18.1. The van der Waals surface area contributed by atoms with Gasteiger partial charge in [0.1, 0.15) is 0 Å². The molecule has 1 aromatic heterocycles. The van der Waals surface area contributed by atoms with E-state index in [1.807, 2.05) is 28.9 Å². The van der Waals surface area contributed by atoms with E-state index in [4.69, 9.17) is 11.6 Å². The second-order valence-corrected chi connectivity index (χ2v) is 6.75. The maximum Gasteiger partial charge on any atom is 0.271 e. The van der Waals surface area contributed by atoms with E-state index in [-0.39, 0.29) is 10.6 Å². The largest absolute Gasteiger partial charge is 0.368 e. The highest BCUT2D eigenvalue weighted by molar-refractivity contribution is 6.33. The van der Waals surface area contributed by atoms with E-state index < -0.39 is 0 Å². The van der Waals surface area contributed by atoms with Gasteiger partial charge in [0.15, 0.2) is 0 Å². The zero-order valence-electron chi connectivity index (χ0n) is 14.1. The van der Waals surface area contributed by atoms with Gasteiger partial charge in [-0.05, 0) is 18.2 Å². The molecule has 2 heterocycles. The van der Waals surface area contributed by atoms with Gasteiger partial charge >= 0.3 is 0 Å². The third-order valence-corrected chi connectivity index (χ3v) is 5.06. The van der Waals surface area contributed by atoms with Crippen molar-refractivity contribution < 1.29 is 4.92 Å². The molecule has 2 aromatic carbocycles. The van der Waals surface area contributed by atoms with Gasteiger partial charge in [0.05, 0.1) is 34.0 Å². The number of piperazine rings is 1. The van der Waals surface area contributed by atoms with Crippen molar-refractivity contribution in [3.8, 4) is 0 Å². The van der Waals surface area contributed by atoms with Gasteiger partial charge in [0.25, 0.3) is 5.69 Å². The Morgan fingerprint density at radius 3 is 2.62 bits per heavy atom. The van der Waals surface area contributed by atoms with Crippen LogP contribution in [-0.2, 0) is 6.67 Å². The van der Waals surface area contributed by atoms with Crippen LogP contribution in [0.3, 0.4) is 0 Å². The SMILES string of the molecule is O=[N+]([O-])c1ccc2cnn(CN3CCN(c4ccccc4Cl)CC3)c2c1. The van der Waals surface area contributed by atoms with Crippen LogP contribution in [-0.4, -0.2) is 45.8 Å². The molecule has 7 nitrogen and oxygen atoms in total. The number of benzene rings is 2. The molecular weight excluding hydrogens is 354 g/mol. The number of para-hydroxylation sites is 1. The number of non-ortho nitro benzene ring substituents is 1. The quantitative estimate of drug-likeness (QED) is 0.519. The van der Waals surface area contributed by atoms with Gasteiger partial charge in [-0.25, -0.2) is 0 Å². The molecule has 3 aromatic rings. The van der Waals surface area contributed by atoms with E-state index in [2.05, 4.69) is 14.9 Å². The van der Waals surface area contributed by atoms with Crippen LogP contribution in [0.1, 0.15) is 0 Å². The fraction of sp³-hybridized carbons (Fsp3) is 0.278. The molecule has 1 aliphatic heterocycles. The summed E-state index contributed by atoms with van der Waals surface area (Å²) in [5.41, 5.74) is 1.93. The minimum Gasteiger partial charge on any atom is -0.368 e. The first-order chi connectivity index (χ1) is 12.6. The Kier molecular flexibility index (Phi) is 4.48. The molecule has 0 atom stereocenters. The Balaban J connectivity index is 1.46. The fourth-order valence-corrected chi connectivity index (χ4v) is 3.57. The molecule has 4 rings (SSSR count). The maximum absolute atomic E-state index is 11.0. The van der Waals surface area contributed by atoms with Crippen LogP contribution >= 0.6 is 11.6 Å². The molecule has 0 aliphatic carbocycles. The van der Waals surface area contributed by atoms with Crippen LogP contribution in [0.15, 0.2) is 48.7 Å². The molecule has 0 amide bonds. The van der Waals surface area contributed by atoms with Crippen molar-refractivity contribution in [1.82, 2.24) is 14.7 Å². The molecule has 1 aliphatic rings. The van der Waals surface area contributed by atoms with E-state index in [1.54, 1.807) is 18.3 Å². The minimum atomic E-state index is -0.376. The predicted molar refractivity (Wildman–Crippen MR) is 102 cm³/mol. The highest BCUT2D eigenvalue weighted by Gasteiger charge is 2.20. The van der Waals surface area contributed by atoms with Gasteiger partial charge < -0.3 is 4.90 Å². The average molecular weight is 372 g/mol. The van der Waals surface area contributed by atoms with Crippen molar-refractivity contribution in [2.24, 2.45) is 0 Å². The number of nitrogens with zero attached hydrogens (tertiary/aromatic N) is 5. The average Bonchev–Trinajstić information content (AvgIpc) is 3.05. The lowest BCUT2D eigenvalue weighted by Gasteiger charge is -2.36. The highest BCUT2D eigenvalue weighted by Crippen LogP contribution is 2.26. The van der Waals surface area contributed by atoms with E-state index in [1.165, 1.54) is 6.07 Å². The Morgan fingerprint density at radius 2 is 1.88 bits per heavy atom. The molecule has 1 saturated heterocycles. The number of hydrogen-bond acceptors (Lipinski definition) is 5. The molecule has 0 bridgehead atoms. The molecule has 8 heteroatoms. The van der Waals surface area contributed by atoms with Gasteiger partial charge in [-0.3, -0.25) is 19.7 Å². The number of rotatable bonds is 4. The number of hydrogen-bond donors (Lipinski definition) is 0. The first kappa shape index (κ1) is 16.8. The number of halogens is 1. The van der Waals surface area contributed by atoms with Crippen molar-refractivity contribution in [3.63, 3.8) is 0 Å². The van der Waals surface area contributed by atoms with Crippen LogP contribution < -0.4 is 4.90 Å². The molecule has 1 fully saturated rings. The topological polar surface area (TPSA) is 67.4 Å². The summed E-state index contributed by atoms with van der Waals surface area (Å²) in [4.78, 5) is 15.2. The number of nitro benzene ring substituents is 1. The lowest BCUT2D eigenvalue weighted by atomic mass is 10.2.